The second-order valence-corrected chi connectivity index (χ2v) is 5.71. The Bertz CT molecular complexity index is 591. The second kappa shape index (κ2) is 8.54. The first kappa shape index (κ1) is 18.1. The fourth-order valence-corrected chi connectivity index (χ4v) is 2.61. The maximum absolute atomic E-state index is 12.5. The van der Waals surface area contributed by atoms with Gasteiger partial charge in [-0.3, -0.25) is 9.59 Å². The number of quaternary nitrogens is 1. The molecule has 0 aliphatic carbocycles. The summed E-state index contributed by atoms with van der Waals surface area (Å²) < 4.78 is 11.0. The molecule has 3 N–H and O–H groups in total. The molecule has 1 aromatic carbocycles. The molecule has 132 valence electrons. The van der Waals surface area contributed by atoms with Gasteiger partial charge in [-0.2, -0.15) is 0 Å². The lowest BCUT2D eigenvalue weighted by molar-refractivity contribution is -0.904. The molecule has 1 aliphatic rings. The van der Waals surface area contributed by atoms with Gasteiger partial charge in [-0.15, -0.1) is 0 Å². The third kappa shape index (κ3) is 4.61. The molecule has 7 nitrogen and oxygen atoms in total. The maximum Gasteiger partial charge on any atom is 0.282 e. The molecule has 0 saturated heterocycles. The van der Waals surface area contributed by atoms with Crippen molar-refractivity contribution in [2.75, 3.05) is 38.2 Å². The SMILES string of the molecule is CCNC(=O)C[NH+](CC)[C@@H](C)C(=O)Nc1ccc2c(c1)OCCO2. The van der Waals surface area contributed by atoms with Crippen molar-refractivity contribution in [1.82, 2.24) is 5.32 Å². The van der Waals surface area contributed by atoms with Crippen LogP contribution in [0.4, 0.5) is 5.69 Å². The molecule has 0 bridgehead atoms. The second-order valence-electron chi connectivity index (χ2n) is 5.71. The van der Waals surface area contributed by atoms with E-state index in [1.54, 1.807) is 18.2 Å². The number of carbonyl (C=O) groups excluding carboxylic acids is 2. The smallest absolute Gasteiger partial charge is 0.282 e. The number of carbonyl (C=O) groups is 2. The van der Waals surface area contributed by atoms with Crippen LogP contribution in [0.5, 0.6) is 11.5 Å². The highest BCUT2D eigenvalue weighted by atomic mass is 16.6. The Labute approximate surface area is 142 Å². The Balaban J connectivity index is 1.98. The number of amides is 2. The van der Waals surface area contributed by atoms with Crippen molar-refractivity contribution < 1.29 is 24.0 Å². The summed E-state index contributed by atoms with van der Waals surface area (Å²) in [6.07, 6.45) is 0. The Morgan fingerprint density at radius 3 is 2.58 bits per heavy atom. The highest BCUT2D eigenvalue weighted by molar-refractivity contribution is 5.94. The largest absolute Gasteiger partial charge is 0.486 e. The number of hydrogen-bond acceptors (Lipinski definition) is 4. The highest BCUT2D eigenvalue weighted by Gasteiger charge is 2.26. The van der Waals surface area contributed by atoms with E-state index in [1.807, 2.05) is 20.8 Å². The number of likely N-dealkylation sites (N-methyl/N-ethyl adjacent to an activating group) is 2. The standard InChI is InChI=1S/C17H25N3O4/c1-4-18-16(21)11-20(5-2)12(3)17(22)19-13-6-7-14-15(10-13)24-9-8-23-14/h6-7,10,12H,4-5,8-9,11H2,1-3H3,(H,18,21)(H,19,22)/p+1/t12-/m0/s1. The molecule has 0 fully saturated rings. The zero-order chi connectivity index (χ0) is 17.5. The van der Waals surface area contributed by atoms with E-state index in [2.05, 4.69) is 10.6 Å². The molecule has 1 heterocycles. The summed E-state index contributed by atoms with van der Waals surface area (Å²) in [6, 6.07) is 4.99. The number of anilines is 1. The third-order valence-electron chi connectivity index (χ3n) is 4.03. The first-order valence-corrected chi connectivity index (χ1v) is 8.37. The molecule has 2 atom stereocenters. The lowest BCUT2D eigenvalue weighted by Gasteiger charge is -2.24. The van der Waals surface area contributed by atoms with Crippen LogP contribution in [0, 0.1) is 0 Å². The fraction of sp³-hybridized carbons (Fsp3) is 0.529. The molecule has 0 saturated carbocycles. The monoisotopic (exact) mass is 336 g/mol. The van der Waals surface area contributed by atoms with Gasteiger partial charge in [0.05, 0.1) is 6.54 Å². The van der Waals surface area contributed by atoms with Crippen LogP contribution in [0.3, 0.4) is 0 Å². The third-order valence-corrected chi connectivity index (χ3v) is 4.03. The summed E-state index contributed by atoms with van der Waals surface area (Å²) in [5, 5.41) is 5.65. The molecule has 0 aromatic heterocycles. The minimum absolute atomic E-state index is 0.0478. The summed E-state index contributed by atoms with van der Waals surface area (Å²) in [7, 11) is 0. The fourth-order valence-electron chi connectivity index (χ4n) is 2.61. The van der Waals surface area contributed by atoms with Gasteiger partial charge in [0.2, 0.25) is 0 Å². The van der Waals surface area contributed by atoms with Crippen molar-refractivity contribution >= 4 is 17.5 Å². The zero-order valence-electron chi connectivity index (χ0n) is 14.5. The van der Waals surface area contributed by atoms with Crippen molar-refractivity contribution in [3.63, 3.8) is 0 Å². The average Bonchev–Trinajstić information content (AvgIpc) is 2.59. The molecule has 1 aliphatic heterocycles. The molecule has 2 rings (SSSR count). The Hall–Kier alpha value is -2.28. The summed E-state index contributed by atoms with van der Waals surface area (Å²) in [5.74, 6) is 1.14. The molecular formula is C17H26N3O4+. The van der Waals surface area contributed by atoms with E-state index in [4.69, 9.17) is 9.47 Å². The molecular weight excluding hydrogens is 310 g/mol. The Morgan fingerprint density at radius 2 is 1.92 bits per heavy atom. The van der Waals surface area contributed by atoms with Crippen LogP contribution in [0.1, 0.15) is 20.8 Å². The molecule has 1 aromatic rings. The van der Waals surface area contributed by atoms with E-state index >= 15 is 0 Å². The predicted molar refractivity (Wildman–Crippen MR) is 90.6 cm³/mol. The van der Waals surface area contributed by atoms with E-state index in [9.17, 15) is 9.59 Å². The van der Waals surface area contributed by atoms with Crippen LogP contribution >= 0.6 is 0 Å². The zero-order valence-corrected chi connectivity index (χ0v) is 14.5. The van der Waals surface area contributed by atoms with Crippen molar-refractivity contribution in [2.24, 2.45) is 0 Å². The van der Waals surface area contributed by atoms with Gasteiger partial charge in [0.15, 0.2) is 24.1 Å². The topological polar surface area (TPSA) is 81.1 Å². The van der Waals surface area contributed by atoms with Crippen molar-refractivity contribution in [2.45, 2.75) is 26.8 Å². The summed E-state index contributed by atoms with van der Waals surface area (Å²) in [6.45, 7) is 8.25. The number of hydrogen-bond donors (Lipinski definition) is 3. The van der Waals surface area contributed by atoms with E-state index in [0.717, 1.165) is 4.90 Å². The lowest BCUT2D eigenvalue weighted by Crippen LogP contribution is -3.17. The van der Waals surface area contributed by atoms with Crippen molar-refractivity contribution in [3.05, 3.63) is 18.2 Å². The average molecular weight is 336 g/mol. The maximum atomic E-state index is 12.5. The van der Waals surface area contributed by atoms with Gasteiger partial charge >= 0.3 is 0 Å². The van der Waals surface area contributed by atoms with Gasteiger partial charge in [-0.1, -0.05) is 0 Å². The first-order valence-electron chi connectivity index (χ1n) is 8.37. The van der Waals surface area contributed by atoms with Gasteiger partial charge in [-0.05, 0) is 32.9 Å². The summed E-state index contributed by atoms with van der Waals surface area (Å²) >= 11 is 0. The molecule has 0 spiro atoms. The van der Waals surface area contributed by atoms with Crippen molar-refractivity contribution in [1.29, 1.82) is 0 Å². The normalized spacial score (nSPS) is 15.3. The Morgan fingerprint density at radius 1 is 1.21 bits per heavy atom. The Kier molecular flexibility index (Phi) is 6.43. The van der Waals surface area contributed by atoms with Crippen LogP contribution < -0.4 is 25.0 Å². The van der Waals surface area contributed by atoms with Crippen LogP contribution in [0.2, 0.25) is 0 Å². The number of nitrogens with one attached hydrogen (secondary N) is 3. The van der Waals surface area contributed by atoms with E-state index in [-0.39, 0.29) is 24.4 Å². The minimum Gasteiger partial charge on any atom is -0.486 e. The number of benzene rings is 1. The predicted octanol–water partition coefficient (Wildman–Crippen LogP) is -0.174. The molecule has 24 heavy (non-hydrogen) atoms. The molecule has 2 amide bonds. The van der Waals surface area contributed by atoms with E-state index in [1.165, 1.54) is 0 Å². The van der Waals surface area contributed by atoms with Gasteiger partial charge in [0.1, 0.15) is 13.2 Å². The summed E-state index contributed by atoms with van der Waals surface area (Å²) in [4.78, 5) is 25.2. The van der Waals surface area contributed by atoms with Crippen LogP contribution in [-0.4, -0.2) is 50.7 Å². The lowest BCUT2D eigenvalue weighted by atomic mass is 10.2. The number of ether oxygens (including phenoxy) is 2. The van der Waals surface area contributed by atoms with E-state index < -0.39 is 0 Å². The summed E-state index contributed by atoms with van der Waals surface area (Å²) in [5.41, 5.74) is 0.657. The molecule has 0 radical (unpaired) electrons. The van der Waals surface area contributed by atoms with Crippen LogP contribution in [-0.2, 0) is 9.59 Å². The van der Waals surface area contributed by atoms with E-state index in [0.29, 0.717) is 43.5 Å². The van der Waals surface area contributed by atoms with Crippen molar-refractivity contribution in [3.8, 4) is 11.5 Å². The number of rotatable bonds is 7. The van der Waals surface area contributed by atoms with Gasteiger partial charge < -0.3 is 25.0 Å². The highest BCUT2D eigenvalue weighted by Crippen LogP contribution is 2.32. The quantitative estimate of drug-likeness (QED) is 0.646. The van der Waals surface area contributed by atoms with Gasteiger partial charge in [0.25, 0.3) is 11.8 Å². The van der Waals surface area contributed by atoms with Gasteiger partial charge in [-0.25, -0.2) is 0 Å². The van der Waals surface area contributed by atoms with Crippen LogP contribution in [0.25, 0.3) is 0 Å². The molecule has 1 unspecified atom stereocenters. The molecule has 7 heteroatoms. The minimum atomic E-state index is -0.342. The van der Waals surface area contributed by atoms with Gasteiger partial charge in [0, 0.05) is 18.3 Å². The number of fused-ring (bicyclic) bond motifs is 1. The van der Waals surface area contributed by atoms with Crippen LogP contribution in [0.15, 0.2) is 18.2 Å². The first-order chi connectivity index (χ1) is 11.5.